The van der Waals surface area contributed by atoms with Crippen LogP contribution in [0.5, 0.6) is 0 Å². The summed E-state index contributed by atoms with van der Waals surface area (Å²) in [5.41, 5.74) is 0.149. The van der Waals surface area contributed by atoms with Crippen molar-refractivity contribution in [3.63, 3.8) is 0 Å². The maximum Gasteiger partial charge on any atom is 0.313 e. The number of cyclic esters (lactones) is 1. The Morgan fingerprint density at radius 3 is 3.00 bits per heavy atom. The predicted octanol–water partition coefficient (Wildman–Crippen LogP) is 1.91. The summed E-state index contributed by atoms with van der Waals surface area (Å²) in [5.74, 6) is 1.26. The van der Waals surface area contributed by atoms with Gasteiger partial charge in [0, 0.05) is 5.41 Å². The van der Waals surface area contributed by atoms with Gasteiger partial charge >= 0.3 is 5.97 Å². The van der Waals surface area contributed by atoms with Crippen molar-refractivity contribution in [3.8, 4) is 0 Å². The van der Waals surface area contributed by atoms with E-state index in [1.807, 2.05) is 0 Å². The Morgan fingerprint density at radius 1 is 1.29 bits per heavy atom. The van der Waals surface area contributed by atoms with E-state index in [1.165, 1.54) is 19.3 Å². The number of rotatable bonds is 0. The maximum absolute atomic E-state index is 12.0. The lowest BCUT2D eigenvalue weighted by molar-refractivity contribution is -0.148. The van der Waals surface area contributed by atoms with E-state index in [4.69, 9.17) is 4.74 Å². The van der Waals surface area contributed by atoms with Crippen LogP contribution in [0.4, 0.5) is 0 Å². The summed E-state index contributed by atoms with van der Waals surface area (Å²) < 4.78 is 5.37. The predicted molar refractivity (Wildman–Crippen MR) is 50.4 cm³/mol. The third-order valence-corrected chi connectivity index (χ3v) is 5.33. The summed E-state index contributed by atoms with van der Waals surface area (Å²) in [7, 11) is 0. The van der Waals surface area contributed by atoms with Gasteiger partial charge in [-0.15, -0.1) is 0 Å². The van der Waals surface area contributed by atoms with E-state index in [-0.39, 0.29) is 16.8 Å². The van der Waals surface area contributed by atoms with Crippen LogP contribution in [0.2, 0.25) is 0 Å². The van der Waals surface area contributed by atoms with Gasteiger partial charge in [-0.1, -0.05) is 18.6 Å². The first kappa shape index (κ1) is 7.49. The fraction of sp³-hybridized carbons (Fsp3) is 0.750. The molecular weight excluding hydrogens is 176 g/mol. The molecule has 1 aliphatic heterocycles. The molecule has 0 unspecified atom stereocenters. The highest BCUT2D eigenvalue weighted by Gasteiger charge is 2.75. The Bertz CT molecular complexity index is 359. The summed E-state index contributed by atoms with van der Waals surface area (Å²) in [6.07, 6.45) is 9.36. The summed E-state index contributed by atoms with van der Waals surface area (Å²) in [5, 5.41) is 0. The molecule has 1 saturated heterocycles. The third kappa shape index (κ3) is 0.483. The van der Waals surface area contributed by atoms with E-state index < -0.39 is 0 Å². The van der Waals surface area contributed by atoms with Crippen LogP contribution < -0.4 is 0 Å². The van der Waals surface area contributed by atoms with Gasteiger partial charge in [0.15, 0.2) is 0 Å². The highest BCUT2D eigenvalue weighted by atomic mass is 16.5. The second-order valence-corrected chi connectivity index (χ2v) is 5.39. The molecule has 3 fully saturated rings. The van der Waals surface area contributed by atoms with Crippen LogP contribution in [0.15, 0.2) is 12.2 Å². The molecule has 0 N–H and O–H groups in total. The van der Waals surface area contributed by atoms with Gasteiger partial charge in [0.05, 0.1) is 12.0 Å². The monoisotopic (exact) mass is 190 g/mol. The molecule has 14 heavy (non-hydrogen) atoms. The maximum atomic E-state index is 12.0. The lowest BCUT2D eigenvalue weighted by Crippen LogP contribution is -2.41. The zero-order chi connectivity index (χ0) is 9.39. The molecule has 2 nitrogen and oxygen atoms in total. The topological polar surface area (TPSA) is 26.3 Å². The van der Waals surface area contributed by atoms with Crippen LogP contribution in [0.25, 0.3) is 0 Å². The quantitative estimate of drug-likeness (QED) is 0.431. The van der Waals surface area contributed by atoms with Crippen LogP contribution in [0.3, 0.4) is 0 Å². The standard InChI is InChI=1S/C12H14O2/c13-10-12-5-1-4-11(12,7-14-10)8-2-3-9(12)6-8/h2-3,8-9H,1,4-7H2/t8-,9+,11-,12-/m0/s1. The Hall–Kier alpha value is -0.790. The van der Waals surface area contributed by atoms with E-state index >= 15 is 0 Å². The average Bonchev–Trinajstić information content (AvgIpc) is 2.84. The van der Waals surface area contributed by atoms with Crippen molar-refractivity contribution in [1.82, 2.24) is 0 Å². The third-order valence-electron chi connectivity index (χ3n) is 5.33. The minimum Gasteiger partial charge on any atom is -0.465 e. The lowest BCUT2D eigenvalue weighted by Gasteiger charge is -2.36. The number of esters is 1. The van der Waals surface area contributed by atoms with Gasteiger partial charge in [0.1, 0.15) is 0 Å². The Balaban J connectivity index is 2.00. The second-order valence-electron chi connectivity index (χ2n) is 5.39. The first-order valence-electron chi connectivity index (χ1n) is 5.65. The fourth-order valence-electron chi connectivity index (χ4n) is 4.79. The van der Waals surface area contributed by atoms with Gasteiger partial charge in [0.25, 0.3) is 0 Å². The molecule has 4 aliphatic rings. The molecule has 4 atom stereocenters. The Kier molecular flexibility index (Phi) is 1.03. The molecule has 0 radical (unpaired) electrons. The normalized spacial score (nSPS) is 57.6. The van der Waals surface area contributed by atoms with Crippen molar-refractivity contribution in [1.29, 1.82) is 0 Å². The number of allylic oxidation sites excluding steroid dienone is 2. The molecule has 0 aromatic rings. The van der Waals surface area contributed by atoms with E-state index in [9.17, 15) is 4.79 Å². The van der Waals surface area contributed by atoms with Crippen LogP contribution in [-0.2, 0) is 9.53 Å². The Morgan fingerprint density at radius 2 is 2.14 bits per heavy atom. The number of carbonyl (C=O) groups excluding carboxylic acids is 1. The molecule has 1 heterocycles. The highest BCUT2D eigenvalue weighted by molar-refractivity contribution is 5.83. The number of ether oxygens (including phenoxy) is 1. The molecule has 0 amide bonds. The molecular formula is C12H14O2. The molecule has 0 spiro atoms. The van der Waals surface area contributed by atoms with Gasteiger partial charge < -0.3 is 4.74 Å². The fourth-order valence-corrected chi connectivity index (χ4v) is 4.79. The zero-order valence-electron chi connectivity index (χ0n) is 8.16. The van der Waals surface area contributed by atoms with Crippen LogP contribution in [-0.4, -0.2) is 12.6 Å². The van der Waals surface area contributed by atoms with E-state index in [2.05, 4.69) is 12.2 Å². The summed E-state index contributed by atoms with van der Waals surface area (Å²) in [6.45, 7) is 0.706. The molecule has 2 bridgehead atoms. The van der Waals surface area contributed by atoms with Crippen molar-refractivity contribution < 1.29 is 9.53 Å². The smallest absolute Gasteiger partial charge is 0.313 e. The number of carbonyl (C=O) groups is 1. The van der Waals surface area contributed by atoms with Crippen LogP contribution in [0, 0.1) is 22.7 Å². The van der Waals surface area contributed by atoms with Crippen LogP contribution >= 0.6 is 0 Å². The molecule has 0 aromatic heterocycles. The molecule has 74 valence electrons. The Labute approximate surface area is 83.3 Å². The van der Waals surface area contributed by atoms with Crippen molar-refractivity contribution in [2.75, 3.05) is 6.61 Å². The largest absolute Gasteiger partial charge is 0.465 e. The first-order valence-corrected chi connectivity index (χ1v) is 5.65. The van der Waals surface area contributed by atoms with Gasteiger partial charge in [-0.3, -0.25) is 4.79 Å². The molecule has 4 rings (SSSR count). The summed E-state index contributed by atoms with van der Waals surface area (Å²) >= 11 is 0. The first-order chi connectivity index (χ1) is 6.80. The van der Waals surface area contributed by atoms with Gasteiger partial charge in [-0.25, -0.2) is 0 Å². The van der Waals surface area contributed by atoms with Gasteiger partial charge in [-0.2, -0.15) is 0 Å². The molecule has 2 heteroatoms. The molecule has 0 aromatic carbocycles. The van der Waals surface area contributed by atoms with Crippen LogP contribution in [0.1, 0.15) is 25.7 Å². The number of hydrogen-bond donors (Lipinski definition) is 0. The van der Waals surface area contributed by atoms with Crippen molar-refractivity contribution in [2.24, 2.45) is 22.7 Å². The minimum atomic E-state index is -0.0770. The molecule has 3 aliphatic carbocycles. The van der Waals surface area contributed by atoms with E-state index in [0.717, 1.165) is 6.42 Å². The average molecular weight is 190 g/mol. The van der Waals surface area contributed by atoms with Crippen molar-refractivity contribution >= 4 is 5.97 Å². The van der Waals surface area contributed by atoms with Gasteiger partial charge in [-0.05, 0) is 31.1 Å². The number of fused-ring (bicyclic) bond motifs is 2. The summed E-state index contributed by atoms with van der Waals surface area (Å²) in [6, 6.07) is 0. The number of hydrogen-bond acceptors (Lipinski definition) is 2. The minimum absolute atomic E-state index is 0.0770. The van der Waals surface area contributed by atoms with Crippen molar-refractivity contribution in [2.45, 2.75) is 25.7 Å². The summed E-state index contributed by atoms with van der Waals surface area (Å²) in [4.78, 5) is 12.0. The SMILES string of the molecule is O=C1OC[C@]23CCC[C@]12[C@@H]1C=C[C@H]3C1. The van der Waals surface area contributed by atoms with E-state index in [0.29, 0.717) is 18.4 Å². The second kappa shape index (κ2) is 1.93. The van der Waals surface area contributed by atoms with E-state index in [1.54, 1.807) is 0 Å². The highest BCUT2D eigenvalue weighted by Crippen LogP contribution is 2.73. The van der Waals surface area contributed by atoms with Gasteiger partial charge in [0.2, 0.25) is 0 Å². The van der Waals surface area contributed by atoms with Crippen molar-refractivity contribution in [3.05, 3.63) is 12.2 Å². The molecule has 2 saturated carbocycles. The zero-order valence-corrected chi connectivity index (χ0v) is 8.16. The lowest BCUT2D eigenvalue weighted by atomic mass is 9.62.